The third kappa shape index (κ3) is 2.21. The molecule has 5 heteroatoms. The molecule has 1 aromatic rings. The van der Waals surface area contributed by atoms with Gasteiger partial charge in [0.25, 0.3) is 0 Å². The standard InChI is InChI=1S/C6H6N2O3/c9-6(11-8-10)4-5-2-1-3-7-5/h1-3,7H,4H2. The minimum atomic E-state index is -0.664. The molecule has 1 rings (SSSR count). The van der Waals surface area contributed by atoms with Crippen LogP contribution in [0.5, 0.6) is 0 Å². The molecule has 0 atom stereocenters. The SMILES string of the molecule is O=NOC(=O)Cc1ccc[nH]1. The van der Waals surface area contributed by atoms with Crippen LogP contribution in [0.1, 0.15) is 5.69 Å². The van der Waals surface area contributed by atoms with Crippen molar-refractivity contribution in [3.05, 3.63) is 28.9 Å². The van der Waals surface area contributed by atoms with E-state index in [0.29, 0.717) is 5.69 Å². The summed E-state index contributed by atoms with van der Waals surface area (Å²) in [6.07, 6.45) is 1.72. The van der Waals surface area contributed by atoms with Gasteiger partial charge in [-0.3, -0.25) is 4.84 Å². The van der Waals surface area contributed by atoms with Crippen LogP contribution in [0.2, 0.25) is 0 Å². The molecule has 0 saturated heterocycles. The van der Waals surface area contributed by atoms with Crippen LogP contribution in [0, 0.1) is 4.91 Å². The number of aromatic amines is 1. The Morgan fingerprint density at radius 3 is 3.09 bits per heavy atom. The summed E-state index contributed by atoms with van der Waals surface area (Å²) in [6, 6.07) is 3.46. The highest BCUT2D eigenvalue weighted by molar-refractivity contribution is 5.71. The van der Waals surface area contributed by atoms with E-state index in [4.69, 9.17) is 0 Å². The van der Waals surface area contributed by atoms with E-state index in [2.05, 4.69) is 9.82 Å². The van der Waals surface area contributed by atoms with Gasteiger partial charge in [0.15, 0.2) is 5.34 Å². The van der Waals surface area contributed by atoms with Crippen molar-refractivity contribution in [3.63, 3.8) is 0 Å². The van der Waals surface area contributed by atoms with Crippen molar-refractivity contribution in [1.29, 1.82) is 0 Å². The second-order valence-electron chi connectivity index (χ2n) is 1.91. The van der Waals surface area contributed by atoms with E-state index < -0.39 is 5.97 Å². The highest BCUT2D eigenvalue weighted by atomic mass is 16.7. The maximum Gasteiger partial charge on any atom is 0.344 e. The summed E-state index contributed by atoms with van der Waals surface area (Å²) in [6.45, 7) is 0. The van der Waals surface area contributed by atoms with Gasteiger partial charge in [0.1, 0.15) is 0 Å². The van der Waals surface area contributed by atoms with Gasteiger partial charge in [-0.25, -0.2) is 4.79 Å². The van der Waals surface area contributed by atoms with Gasteiger partial charge in [-0.15, -0.1) is 4.91 Å². The minimum Gasteiger partial charge on any atom is -0.365 e. The Hall–Kier alpha value is -1.65. The fourth-order valence-corrected chi connectivity index (χ4v) is 0.707. The van der Waals surface area contributed by atoms with Gasteiger partial charge < -0.3 is 4.98 Å². The molecule has 0 unspecified atom stereocenters. The van der Waals surface area contributed by atoms with Crippen LogP contribution < -0.4 is 0 Å². The van der Waals surface area contributed by atoms with Gasteiger partial charge in [-0.2, -0.15) is 0 Å². The quantitative estimate of drug-likeness (QED) is 0.516. The molecule has 1 N–H and O–H groups in total. The van der Waals surface area contributed by atoms with Gasteiger partial charge in [0, 0.05) is 11.9 Å². The number of aromatic nitrogens is 1. The van der Waals surface area contributed by atoms with Gasteiger partial charge in [0.05, 0.1) is 6.42 Å². The van der Waals surface area contributed by atoms with E-state index in [9.17, 15) is 9.70 Å². The summed E-state index contributed by atoms with van der Waals surface area (Å²) >= 11 is 0. The lowest BCUT2D eigenvalue weighted by Crippen LogP contribution is -2.03. The number of nitrogens with one attached hydrogen (secondary N) is 1. The molecule has 58 valence electrons. The van der Waals surface area contributed by atoms with E-state index in [1.807, 2.05) is 5.34 Å². The zero-order chi connectivity index (χ0) is 8.10. The predicted octanol–water partition coefficient (Wildman–Crippen LogP) is 0.782. The lowest BCUT2D eigenvalue weighted by Gasteiger charge is -1.90. The zero-order valence-electron chi connectivity index (χ0n) is 5.61. The highest BCUT2D eigenvalue weighted by Crippen LogP contribution is 1.96. The van der Waals surface area contributed by atoms with Gasteiger partial charge in [0.2, 0.25) is 0 Å². The van der Waals surface area contributed by atoms with Crippen molar-refractivity contribution < 1.29 is 9.63 Å². The zero-order valence-corrected chi connectivity index (χ0v) is 5.61. The Bertz CT molecular complexity index is 242. The number of hydrogen-bond acceptors (Lipinski definition) is 4. The van der Waals surface area contributed by atoms with Crippen molar-refractivity contribution in [2.24, 2.45) is 5.34 Å². The second kappa shape index (κ2) is 3.50. The van der Waals surface area contributed by atoms with Crippen LogP contribution in [-0.4, -0.2) is 11.0 Å². The first-order valence-electron chi connectivity index (χ1n) is 2.97. The summed E-state index contributed by atoms with van der Waals surface area (Å²) in [5.74, 6) is -0.664. The molecule has 1 heterocycles. The first-order chi connectivity index (χ1) is 5.33. The monoisotopic (exact) mass is 154 g/mol. The fourth-order valence-electron chi connectivity index (χ4n) is 0.707. The Morgan fingerprint density at radius 1 is 1.73 bits per heavy atom. The lowest BCUT2D eigenvalue weighted by atomic mass is 10.3. The summed E-state index contributed by atoms with van der Waals surface area (Å²) < 4.78 is 0. The molecule has 0 radical (unpaired) electrons. The van der Waals surface area contributed by atoms with Gasteiger partial charge in [-0.05, 0) is 12.1 Å². The molecular formula is C6H6N2O3. The highest BCUT2D eigenvalue weighted by Gasteiger charge is 2.04. The van der Waals surface area contributed by atoms with Crippen LogP contribution in [0.15, 0.2) is 23.7 Å². The van der Waals surface area contributed by atoms with Crippen molar-refractivity contribution in [3.8, 4) is 0 Å². The number of hydrogen-bond donors (Lipinski definition) is 1. The molecule has 0 spiro atoms. The third-order valence-electron chi connectivity index (χ3n) is 1.14. The molecule has 5 nitrogen and oxygen atoms in total. The molecule has 0 fully saturated rings. The average molecular weight is 154 g/mol. The molecule has 1 aromatic heterocycles. The van der Waals surface area contributed by atoms with Crippen molar-refractivity contribution in [1.82, 2.24) is 4.98 Å². The smallest absolute Gasteiger partial charge is 0.344 e. The van der Waals surface area contributed by atoms with Gasteiger partial charge >= 0.3 is 5.97 Å². The number of nitrogens with zero attached hydrogens (tertiary/aromatic N) is 1. The van der Waals surface area contributed by atoms with Crippen LogP contribution in [0.4, 0.5) is 0 Å². The van der Waals surface area contributed by atoms with Crippen LogP contribution in [0.3, 0.4) is 0 Å². The number of rotatable bonds is 3. The summed E-state index contributed by atoms with van der Waals surface area (Å²) in [4.78, 5) is 26.6. The largest absolute Gasteiger partial charge is 0.365 e. The topological polar surface area (TPSA) is 71.5 Å². The Kier molecular flexibility index (Phi) is 2.37. The van der Waals surface area contributed by atoms with Crippen LogP contribution in [0.25, 0.3) is 0 Å². The lowest BCUT2D eigenvalue weighted by molar-refractivity contribution is -0.143. The molecule has 0 aliphatic carbocycles. The first-order valence-corrected chi connectivity index (χ1v) is 2.97. The molecule has 0 amide bonds. The fraction of sp³-hybridized carbons (Fsp3) is 0.167. The summed E-state index contributed by atoms with van der Waals surface area (Å²) in [7, 11) is 0. The maximum absolute atomic E-state index is 10.6. The molecule has 0 aliphatic heterocycles. The minimum absolute atomic E-state index is 0.0404. The molecule has 0 aliphatic rings. The van der Waals surface area contributed by atoms with E-state index in [1.165, 1.54) is 0 Å². The molecule has 0 aromatic carbocycles. The van der Waals surface area contributed by atoms with E-state index in [1.54, 1.807) is 18.3 Å². The molecule has 11 heavy (non-hydrogen) atoms. The van der Waals surface area contributed by atoms with Crippen molar-refractivity contribution >= 4 is 5.97 Å². The van der Waals surface area contributed by atoms with Crippen molar-refractivity contribution in [2.75, 3.05) is 0 Å². The predicted molar refractivity (Wildman–Crippen MR) is 36.4 cm³/mol. The maximum atomic E-state index is 10.6. The van der Waals surface area contributed by atoms with Crippen LogP contribution in [-0.2, 0) is 16.1 Å². The van der Waals surface area contributed by atoms with Crippen LogP contribution >= 0.6 is 0 Å². The molecule has 0 bridgehead atoms. The normalized spacial score (nSPS) is 9.09. The molecular weight excluding hydrogens is 148 g/mol. The Labute approximate surface area is 62.3 Å². The number of H-pyrrole nitrogens is 1. The van der Waals surface area contributed by atoms with E-state index in [-0.39, 0.29) is 6.42 Å². The number of carbonyl (C=O) groups is 1. The Balaban J connectivity index is 2.43. The summed E-state index contributed by atoms with van der Waals surface area (Å²) in [5.41, 5.74) is 0.693. The second-order valence-corrected chi connectivity index (χ2v) is 1.91. The third-order valence-corrected chi connectivity index (χ3v) is 1.14. The van der Waals surface area contributed by atoms with E-state index in [0.717, 1.165) is 0 Å². The summed E-state index contributed by atoms with van der Waals surface area (Å²) in [5, 5.41) is 2.00. The number of carbonyl (C=O) groups excluding carboxylic acids is 1. The molecule has 0 saturated carbocycles. The first kappa shape index (κ1) is 7.46. The van der Waals surface area contributed by atoms with E-state index >= 15 is 0 Å². The Morgan fingerprint density at radius 2 is 2.55 bits per heavy atom. The average Bonchev–Trinajstić information content (AvgIpc) is 2.40. The van der Waals surface area contributed by atoms with Gasteiger partial charge in [-0.1, -0.05) is 0 Å². The van der Waals surface area contributed by atoms with Crippen molar-refractivity contribution in [2.45, 2.75) is 6.42 Å².